The Bertz CT molecular complexity index is 453. The molecule has 5 nitrogen and oxygen atoms in total. The molecule has 1 heterocycles. The first-order valence-electron chi connectivity index (χ1n) is 6.94. The molecule has 1 aromatic heterocycles. The average Bonchev–Trinajstić information content (AvgIpc) is 2.61. The third kappa shape index (κ3) is 4.44. The van der Waals surface area contributed by atoms with E-state index in [-0.39, 0.29) is 16.2 Å². The van der Waals surface area contributed by atoms with Crippen molar-refractivity contribution in [3.8, 4) is 0 Å². The van der Waals surface area contributed by atoms with Gasteiger partial charge in [-0.05, 0) is 38.0 Å². The third-order valence-corrected chi connectivity index (χ3v) is 8.48. The Balaban J connectivity index is 2.79. The lowest BCUT2D eigenvalue weighted by molar-refractivity contribution is 0.0692. The van der Waals surface area contributed by atoms with Gasteiger partial charge in [0, 0.05) is 6.20 Å². The minimum absolute atomic E-state index is 0.154. The third-order valence-electron chi connectivity index (χ3n) is 3.81. The molecule has 0 spiro atoms. The molecule has 0 saturated heterocycles. The minimum atomic E-state index is -1.85. The van der Waals surface area contributed by atoms with Crippen LogP contribution in [0.1, 0.15) is 34.6 Å². The predicted molar refractivity (Wildman–Crippen MR) is 84.4 cm³/mol. The van der Waals surface area contributed by atoms with Crippen molar-refractivity contribution in [1.82, 2.24) is 9.78 Å². The Kier molecular flexibility index (Phi) is 4.91. The van der Waals surface area contributed by atoms with Gasteiger partial charge < -0.3 is 14.5 Å². The van der Waals surface area contributed by atoms with Crippen molar-refractivity contribution in [2.24, 2.45) is 0 Å². The molecule has 2 N–H and O–H groups in total. The topological polar surface area (TPSA) is 67.5 Å². The zero-order chi connectivity index (χ0) is 15.8. The van der Waals surface area contributed by atoms with Crippen molar-refractivity contribution in [1.29, 1.82) is 0 Å². The van der Waals surface area contributed by atoms with Crippen molar-refractivity contribution in [3.63, 3.8) is 0 Å². The molecule has 0 aromatic carbocycles. The molecule has 0 aliphatic carbocycles. The van der Waals surface area contributed by atoms with Gasteiger partial charge >= 0.3 is 7.12 Å². The standard InChI is InChI=1S/C13H27BN2O3Si/c1-12(2,3)20(6,7)19-13(4,5)10-16-9-8-11(15-16)14(17)18/h8-9,17-18H,10H2,1-7H3. The highest BCUT2D eigenvalue weighted by molar-refractivity contribution is 6.74. The molecule has 0 saturated carbocycles. The number of hydrogen-bond donors (Lipinski definition) is 2. The first-order valence-corrected chi connectivity index (χ1v) is 9.85. The van der Waals surface area contributed by atoms with E-state index in [1.807, 2.05) is 13.8 Å². The van der Waals surface area contributed by atoms with Gasteiger partial charge in [0.15, 0.2) is 8.32 Å². The highest BCUT2D eigenvalue weighted by atomic mass is 28.4. The van der Waals surface area contributed by atoms with E-state index in [2.05, 4.69) is 39.0 Å². The van der Waals surface area contributed by atoms with Gasteiger partial charge in [-0.3, -0.25) is 4.68 Å². The summed E-state index contributed by atoms with van der Waals surface area (Å²) in [6.45, 7) is 15.7. The summed E-state index contributed by atoms with van der Waals surface area (Å²) in [7, 11) is -3.38. The molecule has 0 atom stereocenters. The SMILES string of the molecule is CC(C)(Cn1ccc(B(O)O)n1)O[Si](C)(C)C(C)(C)C. The van der Waals surface area contributed by atoms with Gasteiger partial charge in [0.1, 0.15) is 0 Å². The molecule has 0 unspecified atom stereocenters. The zero-order valence-corrected chi connectivity index (χ0v) is 14.6. The predicted octanol–water partition coefficient (Wildman–Crippen LogP) is 1.36. The summed E-state index contributed by atoms with van der Waals surface area (Å²) in [6, 6.07) is 1.60. The molecule has 114 valence electrons. The number of hydrogen-bond acceptors (Lipinski definition) is 4. The van der Waals surface area contributed by atoms with E-state index < -0.39 is 15.4 Å². The van der Waals surface area contributed by atoms with Gasteiger partial charge in [-0.1, -0.05) is 20.8 Å². The molecule has 0 bridgehead atoms. The second kappa shape index (κ2) is 5.63. The Labute approximate surface area is 123 Å². The van der Waals surface area contributed by atoms with E-state index in [4.69, 9.17) is 14.5 Å². The zero-order valence-electron chi connectivity index (χ0n) is 13.6. The van der Waals surface area contributed by atoms with Gasteiger partial charge in [-0.25, -0.2) is 0 Å². The van der Waals surface area contributed by atoms with Crippen LogP contribution in [0.4, 0.5) is 0 Å². The van der Waals surface area contributed by atoms with Crippen LogP contribution in [0, 0.1) is 0 Å². The summed E-state index contributed by atoms with van der Waals surface area (Å²) < 4.78 is 8.11. The van der Waals surface area contributed by atoms with E-state index in [9.17, 15) is 0 Å². The summed E-state index contributed by atoms with van der Waals surface area (Å²) in [4.78, 5) is 0. The molecular weight excluding hydrogens is 271 g/mol. The molecule has 0 amide bonds. The van der Waals surface area contributed by atoms with Crippen LogP contribution in [0.3, 0.4) is 0 Å². The molecule has 0 fully saturated rings. The highest BCUT2D eigenvalue weighted by Gasteiger charge is 2.41. The van der Waals surface area contributed by atoms with Crippen LogP contribution in [-0.2, 0) is 11.0 Å². The van der Waals surface area contributed by atoms with Crippen LogP contribution in [0.15, 0.2) is 12.3 Å². The minimum Gasteiger partial charge on any atom is -0.422 e. The Morgan fingerprint density at radius 3 is 2.20 bits per heavy atom. The summed E-state index contributed by atoms with van der Waals surface area (Å²) >= 11 is 0. The van der Waals surface area contributed by atoms with Gasteiger partial charge in [0.2, 0.25) is 0 Å². The fraction of sp³-hybridized carbons (Fsp3) is 0.769. The lowest BCUT2D eigenvalue weighted by Gasteiger charge is -2.42. The Hall–Kier alpha value is -0.628. The Morgan fingerprint density at radius 1 is 1.25 bits per heavy atom. The number of nitrogens with zero attached hydrogens (tertiary/aromatic N) is 2. The normalized spacial score (nSPS) is 13.7. The average molecular weight is 298 g/mol. The van der Waals surface area contributed by atoms with Gasteiger partial charge in [0.25, 0.3) is 0 Å². The molecule has 1 rings (SSSR count). The van der Waals surface area contributed by atoms with Gasteiger partial charge in [-0.15, -0.1) is 0 Å². The largest absolute Gasteiger partial charge is 0.510 e. The van der Waals surface area contributed by atoms with E-state index in [1.165, 1.54) is 0 Å². The Morgan fingerprint density at radius 2 is 1.80 bits per heavy atom. The second-order valence-electron chi connectivity index (χ2n) is 7.43. The molecule has 20 heavy (non-hydrogen) atoms. The summed E-state index contributed by atoms with van der Waals surface area (Å²) in [6.07, 6.45) is 1.74. The van der Waals surface area contributed by atoms with Crippen LogP contribution in [0.5, 0.6) is 0 Å². The van der Waals surface area contributed by atoms with Crippen molar-refractivity contribution in [2.75, 3.05) is 0 Å². The van der Waals surface area contributed by atoms with Crippen molar-refractivity contribution < 1.29 is 14.5 Å². The van der Waals surface area contributed by atoms with Crippen LogP contribution in [0.2, 0.25) is 18.1 Å². The first kappa shape index (κ1) is 17.4. The summed E-state index contributed by atoms with van der Waals surface area (Å²) in [5.41, 5.74) is -0.0969. The van der Waals surface area contributed by atoms with E-state index in [0.29, 0.717) is 6.54 Å². The van der Waals surface area contributed by atoms with Crippen molar-refractivity contribution in [3.05, 3.63) is 12.3 Å². The first-order chi connectivity index (χ1) is 8.84. The van der Waals surface area contributed by atoms with Crippen LogP contribution in [-0.4, -0.2) is 40.9 Å². The molecule has 0 aliphatic rings. The van der Waals surface area contributed by atoms with Crippen molar-refractivity contribution >= 4 is 21.0 Å². The maximum absolute atomic E-state index is 9.08. The molecular formula is C13H27BN2O3Si. The van der Waals surface area contributed by atoms with Crippen LogP contribution < -0.4 is 5.59 Å². The highest BCUT2D eigenvalue weighted by Crippen LogP contribution is 2.39. The van der Waals surface area contributed by atoms with Gasteiger partial charge in [0.05, 0.1) is 17.7 Å². The smallest absolute Gasteiger partial charge is 0.422 e. The maximum atomic E-state index is 9.08. The number of rotatable bonds is 5. The van der Waals surface area contributed by atoms with E-state index in [0.717, 1.165) is 0 Å². The van der Waals surface area contributed by atoms with Crippen LogP contribution in [0.25, 0.3) is 0 Å². The molecule has 0 aliphatic heterocycles. The van der Waals surface area contributed by atoms with E-state index in [1.54, 1.807) is 16.9 Å². The molecule has 0 radical (unpaired) electrons. The van der Waals surface area contributed by atoms with E-state index >= 15 is 0 Å². The quantitative estimate of drug-likeness (QED) is 0.806. The monoisotopic (exact) mass is 298 g/mol. The fourth-order valence-corrected chi connectivity index (χ4v) is 3.62. The fourth-order valence-electron chi connectivity index (χ4n) is 1.87. The summed E-state index contributed by atoms with van der Waals surface area (Å²) in [5, 5.41) is 22.5. The maximum Gasteiger partial charge on any atom is 0.510 e. The lowest BCUT2D eigenvalue weighted by atomic mass is 9.87. The molecule has 1 aromatic rings. The number of aromatic nitrogens is 2. The summed E-state index contributed by atoms with van der Waals surface area (Å²) in [5.74, 6) is 0. The van der Waals surface area contributed by atoms with Crippen LogP contribution >= 0.6 is 0 Å². The second-order valence-corrected chi connectivity index (χ2v) is 12.2. The lowest BCUT2D eigenvalue weighted by Crippen LogP contribution is -2.49. The van der Waals surface area contributed by atoms with Gasteiger partial charge in [-0.2, -0.15) is 5.10 Å². The molecule has 7 heteroatoms. The van der Waals surface area contributed by atoms with Crippen molar-refractivity contribution in [2.45, 2.75) is 64.9 Å².